The normalized spacial score (nSPS) is 10.3. The third kappa shape index (κ3) is 4.93. The van der Waals surface area contributed by atoms with E-state index in [0.29, 0.717) is 11.3 Å². The predicted molar refractivity (Wildman–Crippen MR) is 112 cm³/mol. The number of aryl methyl sites for hydroxylation is 1. The number of pyridine rings is 1. The van der Waals surface area contributed by atoms with Crippen LogP contribution in [0.5, 0.6) is 0 Å². The number of nitrogens with zero attached hydrogens (tertiary/aromatic N) is 1. The van der Waals surface area contributed by atoms with Gasteiger partial charge < -0.3 is 10.6 Å². The number of ketones is 1. The molecule has 0 aliphatic heterocycles. The molecule has 0 spiro atoms. The van der Waals surface area contributed by atoms with E-state index in [-0.39, 0.29) is 23.1 Å². The zero-order valence-electron chi connectivity index (χ0n) is 16.2. The number of benzene rings is 2. The fourth-order valence-electron chi connectivity index (χ4n) is 2.81. The Morgan fingerprint density at radius 3 is 2.03 bits per heavy atom. The molecule has 0 radical (unpaired) electrons. The molecule has 0 bridgehead atoms. The van der Waals surface area contributed by atoms with Crippen LogP contribution in [-0.4, -0.2) is 22.6 Å². The van der Waals surface area contributed by atoms with Crippen molar-refractivity contribution in [3.05, 3.63) is 89.2 Å². The Labute approximate surface area is 169 Å². The standard InChI is InChI=1S/C23H21N3O3/c1-3-16-7-4-5-8-19(16)26-23(29)21-10-6-9-20(25-21)22(28)24-18-13-11-17(12-14-18)15(2)27/h4-14H,3H2,1-2H3,(H,24,28)(H,26,29). The number of amides is 2. The molecule has 3 rings (SSSR count). The molecule has 0 unspecified atom stereocenters. The van der Waals surface area contributed by atoms with Crippen molar-refractivity contribution in [3.63, 3.8) is 0 Å². The zero-order chi connectivity index (χ0) is 20.8. The summed E-state index contributed by atoms with van der Waals surface area (Å²) in [6, 6.07) is 18.8. The second-order valence-corrected chi connectivity index (χ2v) is 6.46. The maximum Gasteiger partial charge on any atom is 0.274 e. The lowest BCUT2D eigenvalue weighted by Gasteiger charge is -2.10. The quantitative estimate of drug-likeness (QED) is 0.616. The average Bonchev–Trinajstić information content (AvgIpc) is 2.74. The summed E-state index contributed by atoms with van der Waals surface area (Å²) in [7, 11) is 0. The summed E-state index contributed by atoms with van der Waals surface area (Å²) < 4.78 is 0. The minimum Gasteiger partial charge on any atom is -0.321 e. The van der Waals surface area contributed by atoms with Crippen molar-refractivity contribution < 1.29 is 14.4 Å². The smallest absolute Gasteiger partial charge is 0.274 e. The van der Waals surface area contributed by atoms with Crippen LogP contribution in [0.3, 0.4) is 0 Å². The van der Waals surface area contributed by atoms with Gasteiger partial charge in [0.05, 0.1) is 0 Å². The van der Waals surface area contributed by atoms with Crippen LogP contribution in [0.4, 0.5) is 11.4 Å². The summed E-state index contributed by atoms with van der Waals surface area (Å²) in [5, 5.41) is 5.56. The van der Waals surface area contributed by atoms with Crippen LogP contribution in [0.25, 0.3) is 0 Å². The zero-order valence-corrected chi connectivity index (χ0v) is 16.2. The summed E-state index contributed by atoms with van der Waals surface area (Å²) in [4.78, 5) is 40.6. The topological polar surface area (TPSA) is 88.2 Å². The van der Waals surface area contributed by atoms with Crippen molar-refractivity contribution in [1.29, 1.82) is 0 Å². The van der Waals surface area contributed by atoms with Gasteiger partial charge in [0.1, 0.15) is 11.4 Å². The maximum atomic E-state index is 12.6. The van der Waals surface area contributed by atoms with Gasteiger partial charge in [-0.2, -0.15) is 0 Å². The van der Waals surface area contributed by atoms with Gasteiger partial charge in [-0.15, -0.1) is 0 Å². The lowest BCUT2D eigenvalue weighted by atomic mass is 10.1. The molecule has 0 saturated carbocycles. The van der Waals surface area contributed by atoms with Gasteiger partial charge in [-0.05, 0) is 61.4 Å². The highest BCUT2D eigenvalue weighted by Gasteiger charge is 2.14. The van der Waals surface area contributed by atoms with E-state index in [4.69, 9.17) is 0 Å². The van der Waals surface area contributed by atoms with Crippen LogP contribution in [0, 0.1) is 0 Å². The molecule has 146 valence electrons. The molecular weight excluding hydrogens is 366 g/mol. The van der Waals surface area contributed by atoms with Gasteiger partial charge in [0, 0.05) is 16.9 Å². The summed E-state index contributed by atoms with van der Waals surface area (Å²) in [5.41, 5.74) is 3.11. The third-order valence-corrected chi connectivity index (χ3v) is 4.41. The minimum atomic E-state index is -0.441. The van der Waals surface area contributed by atoms with Crippen LogP contribution in [-0.2, 0) is 6.42 Å². The molecule has 1 heterocycles. The van der Waals surface area contributed by atoms with Crippen LogP contribution < -0.4 is 10.6 Å². The molecule has 6 heteroatoms. The summed E-state index contributed by atoms with van der Waals surface area (Å²) >= 11 is 0. The number of hydrogen-bond donors (Lipinski definition) is 2. The molecular formula is C23H21N3O3. The summed E-state index contributed by atoms with van der Waals surface area (Å²) in [5.74, 6) is -0.872. The highest BCUT2D eigenvalue weighted by molar-refractivity contribution is 6.06. The van der Waals surface area contributed by atoms with Gasteiger partial charge in [-0.1, -0.05) is 31.2 Å². The Morgan fingerprint density at radius 1 is 0.793 bits per heavy atom. The van der Waals surface area contributed by atoms with Crippen molar-refractivity contribution in [2.45, 2.75) is 20.3 Å². The number of aromatic nitrogens is 1. The van der Waals surface area contributed by atoms with Gasteiger partial charge >= 0.3 is 0 Å². The van der Waals surface area contributed by atoms with Crippen molar-refractivity contribution >= 4 is 29.0 Å². The van der Waals surface area contributed by atoms with E-state index in [2.05, 4.69) is 15.6 Å². The van der Waals surface area contributed by atoms with Gasteiger partial charge in [0.15, 0.2) is 5.78 Å². The molecule has 2 amide bonds. The maximum absolute atomic E-state index is 12.6. The molecule has 2 aromatic carbocycles. The fraction of sp³-hybridized carbons (Fsp3) is 0.130. The average molecular weight is 387 g/mol. The van der Waals surface area contributed by atoms with E-state index in [1.807, 2.05) is 31.2 Å². The molecule has 6 nitrogen and oxygen atoms in total. The van der Waals surface area contributed by atoms with Crippen LogP contribution >= 0.6 is 0 Å². The Bertz CT molecular complexity index is 1060. The number of carbonyl (C=O) groups excluding carboxylic acids is 3. The van der Waals surface area contributed by atoms with E-state index >= 15 is 0 Å². The molecule has 0 aliphatic rings. The van der Waals surface area contributed by atoms with Crippen LogP contribution in [0.15, 0.2) is 66.7 Å². The number of rotatable bonds is 6. The Balaban J connectivity index is 1.73. The lowest BCUT2D eigenvalue weighted by Crippen LogP contribution is -2.19. The van der Waals surface area contributed by atoms with E-state index in [1.165, 1.54) is 13.0 Å². The molecule has 1 aromatic heterocycles. The second-order valence-electron chi connectivity index (χ2n) is 6.46. The first kappa shape index (κ1) is 19.9. The summed E-state index contributed by atoms with van der Waals surface area (Å²) in [6.45, 7) is 3.49. The van der Waals surface area contributed by atoms with E-state index in [9.17, 15) is 14.4 Å². The molecule has 0 saturated heterocycles. The number of hydrogen-bond acceptors (Lipinski definition) is 4. The van der Waals surface area contributed by atoms with Crippen molar-refractivity contribution in [2.75, 3.05) is 10.6 Å². The van der Waals surface area contributed by atoms with E-state index in [0.717, 1.165) is 17.7 Å². The number of Topliss-reactive ketones (excluding diaryl/α,β-unsaturated/α-hetero) is 1. The molecule has 0 atom stereocenters. The van der Waals surface area contributed by atoms with Crippen molar-refractivity contribution in [1.82, 2.24) is 4.98 Å². The van der Waals surface area contributed by atoms with E-state index in [1.54, 1.807) is 36.4 Å². The first-order chi connectivity index (χ1) is 14.0. The van der Waals surface area contributed by atoms with Gasteiger partial charge in [0.25, 0.3) is 11.8 Å². The number of anilines is 2. The largest absolute Gasteiger partial charge is 0.321 e. The van der Waals surface area contributed by atoms with Gasteiger partial charge in [-0.25, -0.2) is 4.98 Å². The van der Waals surface area contributed by atoms with Crippen LogP contribution in [0.1, 0.15) is 50.7 Å². The highest BCUT2D eigenvalue weighted by Crippen LogP contribution is 2.17. The van der Waals surface area contributed by atoms with Gasteiger partial charge in [-0.3, -0.25) is 14.4 Å². The third-order valence-electron chi connectivity index (χ3n) is 4.41. The van der Waals surface area contributed by atoms with Crippen molar-refractivity contribution in [2.24, 2.45) is 0 Å². The van der Waals surface area contributed by atoms with Gasteiger partial charge in [0.2, 0.25) is 0 Å². The second kappa shape index (κ2) is 8.93. The monoisotopic (exact) mass is 387 g/mol. The molecule has 29 heavy (non-hydrogen) atoms. The van der Waals surface area contributed by atoms with E-state index < -0.39 is 5.91 Å². The summed E-state index contributed by atoms with van der Waals surface area (Å²) in [6.07, 6.45) is 0.786. The first-order valence-corrected chi connectivity index (χ1v) is 9.26. The predicted octanol–water partition coefficient (Wildman–Crippen LogP) is 4.35. The molecule has 3 aromatic rings. The fourth-order valence-corrected chi connectivity index (χ4v) is 2.81. The Morgan fingerprint density at radius 2 is 1.41 bits per heavy atom. The minimum absolute atomic E-state index is 0.0482. The number of carbonyl (C=O) groups is 3. The Hall–Kier alpha value is -3.80. The number of para-hydroxylation sites is 1. The molecule has 0 fully saturated rings. The highest BCUT2D eigenvalue weighted by atomic mass is 16.2. The number of nitrogens with one attached hydrogen (secondary N) is 2. The first-order valence-electron chi connectivity index (χ1n) is 9.26. The van der Waals surface area contributed by atoms with Crippen LogP contribution in [0.2, 0.25) is 0 Å². The SMILES string of the molecule is CCc1ccccc1NC(=O)c1cccc(C(=O)Nc2ccc(C(C)=O)cc2)n1. The molecule has 0 aliphatic carbocycles. The lowest BCUT2D eigenvalue weighted by molar-refractivity contribution is 0.100. The van der Waals surface area contributed by atoms with Crippen molar-refractivity contribution in [3.8, 4) is 0 Å². The Kier molecular flexibility index (Phi) is 6.14. The molecule has 2 N–H and O–H groups in total.